The Hall–Kier alpha value is -2.62. The number of rotatable bonds is 3. The Morgan fingerprint density at radius 1 is 1.27 bits per heavy atom. The zero-order valence-electron chi connectivity index (χ0n) is 13.8. The number of nitrogens with zero attached hydrogens (tertiary/aromatic N) is 4. The van der Waals surface area contributed by atoms with Gasteiger partial charge < -0.3 is 15.4 Å². The van der Waals surface area contributed by atoms with Crippen LogP contribution in [0.2, 0.25) is 0 Å². The predicted molar refractivity (Wildman–Crippen MR) is 96.1 cm³/mol. The highest BCUT2D eigenvalue weighted by atomic mass is 32.1. The van der Waals surface area contributed by atoms with Gasteiger partial charge in [0.25, 0.3) is 0 Å². The van der Waals surface area contributed by atoms with Gasteiger partial charge in [0.15, 0.2) is 5.82 Å². The lowest BCUT2D eigenvalue weighted by Gasteiger charge is -2.35. The monoisotopic (exact) mass is 370 g/mol. The van der Waals surface area contributed by atoms with E-state index in [0.29, 0.717) is 39.6 Å². The van der Waals surface area contributed by atoms with Crippen molar-refractivity contribution < 1.29 is 9.50 Å². The fraction of sp³-hybridized carbons (Fsp3) is 0.235. The molecule has 0 bridgehead atoms. The Balaban J connectivity index is 1.65. The molecule has 1 aliphatic heterocycles. The largest absolute Gasteiger partial charge is 0.380 e. The minimum Gasteiger partial charge on any atom is -0.380 e. The lowest BCUT2D eigenvalue weighted by atomic mass is 9.99. The van der Waals surface area contributed by atoms with Gasteiger partial charge in [0.05, 0.1) is 23.0 Å². The second-order valence-corrected chi connectivity index (χ2v) is 7.52. The Kier molecular flexibility index (Phi) is 3.27. The highest BCUT2D eigenvalue weighted by Gasteiger charge is 2.39. The van der Waals surface area contributed by atoms with Crippen molar-refractivity contribution in [3.63, 3.8) is 0 Å². The third-order valence-corrected chi connectivity index (χ3v) is 5.82. The Labute approximate surface area is 151 Å². The van der Waals surface area contributed by atoms with Gasteiger partial charge >= 0.3 is 0 Å². The molecule has 132 valence electrons. The van der Waals surface area contributed by atoms with E-state index in [2.05, 4.69) is 25.4 Å². The van der Waals surface area contributed by atoms with Crippen LogP contribution < -0.4 is 5.32 Å². The molecule has 0 amide bonds. The highest BCUT2D eigenvalue weighted by molar-refractivity contribution is 7.15. The molecular weight excluding hydrogens is 355 g/mol. The van der Waals surface area contributed by atoms with Crippen molar-refractivity contribution in [1.29, 1.82) is 0 Å². The fourth-order valence-electron chi connectivity index (χ4n) is 3.13. The summed E-state index contributed by atoms with van der Waals surface area (Å²) in [5.41, 5.74) is 1.81. The average Bonchev–Trinajstić information content (AvgIpc) is 3.31. The predicted octanol–water partition coefficient (Wildman–Crippen LogP) is 2.02. The molecule has 0 atom stereocenters. The third kappa shape index (κ3) is 2.28. The van der Waals surface area contributed by atoms with Gasteiger partial charge in [0, 0.05) is 49.0 Å². The molecule has 5 heterocycles. The molecule has 7 nitrogen and oxygen atoms in total. The minimum absolute atomic E-state index is 0.414. The molecule has 3 N–H and O–H groups in total. The maximum absolute atomic E-state index is 14.6. The summed E-state index contributed by atoms with van der Waals surface area (Å²) in [6, 6.07) is 1.87. The number of halogens is 1. The number of hydrogen-bond acceptors (Lipinski definition) is 6. The summed E-state index contributed by atoms with van der Waals surface area (Å²) in [7, 11) is 1.84. The molecule has 9 heteroatoms. The molecule has 4 aromatic heterocycles. The summed E-state index contributed by atoms with van der Waals surface area (Å²) < 4.78 is 16.3. The summed E-state index contributed by atoms with van der Waals surface area (Å²) >= 11 is 1.31. The van der Waals surface area contributed by atoms with E-state index in [-0.39, 0.29) is 0 Å². The SMILES string of the molecule is Cn1cc(-c2cc3c(-c4cnc(C5(O)CNC5)s4)c(F)cnc3[nH]2)cn1. The molecule has 26 heavy (non-hydrogen) atoms. The van der Waals surface area contributed by atoms with Gasteiger partial charge in [-0.3, -0.25) is 4.68 Å². The van der Waals surface area contributed by atoms with Crippen LogP contribution in [-0.4, -0.2) is 42.9 Å². The van der Waals surface area contributed by atoms with Crippen molar-refractivity contribution in [1.82, 2.24) is 30.0 Å². The maximum Gasteiger partial charge on any atom is 0.150 e. The molecule has 0 spiro atoms. The summed E-state index contributed by atoms with van der Waals surface area (Å²) in [6.07, 6.45) is 6.44. The van der Waals surface area contributed by atoms with Crippen LogP contribution in [0.5, 0.6) is 0 Å². The van der Waals surface area contributed by atoms with E-state index in [1.807, 2.05) is 19.3 Å². The van der Waals surface area contributed by atoms with E-state index >= 15 is 0 Å². The summed E-state index contributed by atoms with van der Waals surface area (Å²) in [5.74, 6) is -0.414. The van der Waals surface area contributed by atoms with Crippen molar-refractivity contribution in [3.05, 3.63) is 41.7 Å². The number of H-pyrrole nitrogens is 1. The fourth-order valence-corrected chi connectivity index (χ4v) is 4.20. The van der Waals surface area contributed by atoms with Gasteiger partial charge in [-0.15, -0.1) is 11.3 Å². The van der Waals surface area contributed by atoms with Gasteiger partial charge in [0.2, 0.25) is 0 Å². The normalized spacial score (nSPS) is 16.1. The van der Waals surface area contributed by atoms with E-state index in [1.165, 1.54) is 17.5 Å². The molecule has 1 fully saturated rings. The first kappa shape index (κ1) is 15.6. The smallest absolute Gasteiger partial charge is 0.150 e. The lowest BCUT2D eigenvalue weighted by Crippen LogP contribution is -2.56. The van der Waals surface area contributed by atoms with E-state index in [9.17, 15) is 9.50 Å². The first-order chi connectivity index (χ1) is 12.5. The first-order valence-corrected chi connectivity index (χ1v) is 8.91. The molecule has 4 aromatic rings. The molecule has 0 saturated carbocycles. The van der Waals surface area contributed by atoms with E-state index < -0.39 is 11.4 Å². The van der Waals surface area contributed by atoms with Gasteiger partial charge in [-0.2, -0.15) is 5.10 Å². The molecule has 0 radical (unpaired) electrons. The number of aryl methyl sites for hydroxylation is 1. The highest BCUT2D eigenvalue weighted by Crippen LogP contribution is 2.39. The van der Waals surface area contributed by atoms with E-state index in [1.54, 1.807) is 17.1 Å². The van der Waals surface area contributed by atoms with Crippen LogP contribution in [0.4, 0.5) is 4.39 Å². The minimum atomic E-state index is -0.954. The zero-order chi connectivity index (χ0) is 17.9. The van der Waals surface area contributed by atoms with Crippen molar-refractivity contribution in [2.75, 3.05) is 13.1 Å². The molecule has 0 unspecified atom stereocenters. The number of β-amino-alcohol motifs (C(OH)–C–C–N with tert-alkyl or cyclic N) is 1. The number of nitrogens with one attached hydrogen (secondary N) is 2. The topological polar surface area (TPSA) is 91.6 Å². The van der Waals surface area contributed by atoms with Crippen LogP contribution in [0, 0.1) is 5.82 Å². The van der Waals surface area contributed by atoms with Gasteiger partial charge in [-0.1, -0.05) is 0 Å². The lowest BCUT2D eigenvalue weighted by molar-refractivity contribution is -0.0148. The number of pyridine rings is 1. The maximum atomic E-state index is 14.6. The third-order valence-electron chi connectivity index (χ3n) is 4.61. The van der Waals surface area contributed by atoms with Gasteiger partial charge in [-0.05, 0) is 6.07 Å². The van der Waals surface area contributed by atoms with Crippen LogP contribution in [0.25, 0.3) is 32.7 Å². The van der Waals surface area contributed by atoms with E-state index in [0.717, 1.165) is 11.3 Å². The number of aromatic nitrogens is 5. The quantitative estimate of drug-likeness (QED) is 0.513. The van der Waals surface area contributed by atoms with Crippen molar-refractivity contribution in [3.8, 4) is 21.7 Å². The summed E-state index contributed by atoms with van der Waals surface area (Å²) in [5, 5.41) is 18.9. The van der Waals surface area contributed by atoms with Crippen LogP contribution in [0.15, 0.2) is 30.9 Å². The molecule has 0 aliphatic carbocycles. The molecule has 1 aliphatic rings. The van der Waals surface area contributed by atoms with Crippen LogP contribution in [-0.2, 0) is 12.6 Å². The number of thiazole rings is 1. The molecule has 1 saturated heterocycles. The Morgan fingerprint density at radius 3 is 2.81 bits per heavy atom. The second-order valence-electron chi connectivity index (χ2n) is 6.49. The standard InChI is InChI=1S/C17H15FN6OS/c1-24-6-9(3-22-24)12-2-10-14(11(18)4-20-15(10)23-12)13-5-21-16(26-13)17(25)7-19-8-17/h2-6,19,25H,7-8H2,1H3,(H,20,23). The number of aliphatic hydroxyl groups is 1. The number of aromatic amines is 1. The van der Waals surface area contributed by atoms with E-state index in [4.69, 9.17) is 0 Å². The van der Waals surface area contributed by atoms with Crippen LogP contribution in [0.3, 0.4) is 0 Å². The first-order valence-electron chi connectivity index (χ1n) is 8.09. The van der Waals surface area contributed by atoms with Crippen LogP contribution in [0.1, 0.15) is 5.01 Å². The van der Waals surface area contributed by atoms with Crippen LogP contribution >= 0.6 is 11.3 Å². The van der Waals surface area contributed by atoms with Gasteiger partial charge in [-0.25, -0.2) is 14.4 Å². The van der Waals surface area contributed by atoms with Crippen molar-refractivity contribution in [2.45, 2.75) is 5.60 Å². The zero-order valence-corrected chi connectivity index (χ0v) is 14.6. The number of hydrogen-bond donors (Lipinski definition) is 3. The second kappa shape index (κ2) is 5.44. The summed E-state index contributed by atoms with van der Waals surface area (Å²) in [6.45, 7) is 0.924. The molecule has 0 aromatic carbocycles. The average molecular weight is 370 g/mol. The van der Waals surface area contributed by atoms with Gasteiger partial charge in [0.1, 0.15) is 16.3 Å². The molecule has 5 rings (SSSR count). The molecular formula is C17H15FN6OS. The summed E-state index contributed by atoms with van der Waals surface area (Å²) in [4.78, 5) is 12.4. The van der Waals surface area contributed by atoms with Crippen molar-refractivity contribution in [2.24, 2.45) is 7.05 Å². The Bertz CT molecular complexity index is 1130. The van der Waals surface area contributed by atoms with Crippen molar-refractivity contribution >= 4 is 22.4 Å². The Morgan fingerprint density at radius 2 is 2.12 bits per heavy atom. The number of fused-ring (bicyclic) bond motifs is 1.